The van der Waals surface area contributed by atoms with E-state index in [9.17, 15) is 14.4 Å². The van der Waals surface area contributed by atoms with Crippen LogP contribution in [0.4, 0.5) is 0 Å². The molecule has 2 fully saturated rings. The average molecular weight is 390 g/mol. The van der Waals surface area contributed by atoms with Crippen LogP contribution in [0.2, 0.25) is 0 Å². The Balaban J connectivity index is 0.000000367. The summed E-state index contributed by atoms with van der Waals surface area (Å²) in [4.78, 5) is 39.0. The molecule has 1 aliphatic carbocycles. The zero-order chi connectivity index (χ0) is 19.5. The maximum Gasteiger partial charge on any atom is 0.337 e. The first-order valence-electron chi connectivity index (χ1n) is 10.2. The van der Waals surface area contributed by atoms with E-state index in [1.807, 2.05) is 31.2 Å². The Kier molecular flexibility index (Phi) is 11.2. The van der Waals surface area contributed by atoms with E-state index in [0.717, 1.165) is 12.0 Å². The van der Waals surface area contributed by atoms with E-state index in [1.165, 1.54) is 56.9 Å². The van der Waals surface area contributed by atoms with Gasteiger partial charge in [0.1, 0.15) is 0 Å². The fraction of sp³-hybridized carbons (Fsp3) is 0.609. The van der Waals surface area contributed by atoms with Crippen molar-refractivity contribution >= 4 is 17.8 Å². The van der Waals surface area contributed by atoms with Crippen molar-refractivity contribution in [2.75, 3.05) is 0 Å². The van der Waals surface area contributed by atoms with Crippen LogP contribution < -0.4 is 0 Å². The molecular formula is C23H35NO4. The van der Waals surface area contributed by atoms with Gasteiger partial charge in [-0.3, -0.25) is 9.59 Å². The summed E-state index contributed by atoms with van der Waals surface area (Å²) in [5, 5.41) is 0.572. The third-order valence-electron chi connectivity index (χ3n) is 4.98. The molecular weight excluding hydrogens is 354 g/mol. The monoisotopic (exact) mass is 389 g/mol. The zero-order valence-corrected chi connectivity index (χ0v) is 16.4. The van der Waals surface area contributed by atoms with Crippen LogP contribution in [-0.4, -0.2) is 22.8 Å². The lowest BCUT2D eigenvalue weighted by molar-refractivity contribution is -0.197. The van der Waals surface area contributed by atoms with Crippen LogP contribution in [-0.2, 0) is 32.1 Å². The molecule has 1 saturated carbocycles. The predicted molar refractivity (Wildman–Crippen MR) is 110 cm³/mol. The summed E-state index contributed by atoms with van der Waals surface area (Å²) >= 11 is 0. The lowest BCUT2D eigenvalue weighted by Crippen LogP contribution is -2.32. The number of aryl methyl sites for hydroxylation is 1. The van der Waals surface area contributed by atoms with Crippen LogP contribution in [0.5, 0.6) is 0 Å². The van der Waals surface area contributed by atoms with E-state index in [-0.39, 0.29) is 26.7 Å². The number of carbonyl (C=O) groups excluding carboxylic acids is 3. The smallest absolute Gasteiger partial charge is 0.330 e. The van der Waals surface area contributed by atoms with Gasteiger partial charge in [0.15, 0.2) is 0 Å². The van der Waals surface area contributed by atoms with Crippen molar-refractivity contribution in [3.63, 3.8) is 0 Å². The molecule has 1 aromatic carbocycles. The van der Waals surface area contributed by atoms with Crippen LogP contribution in [0.15, 0.2) is 24.3 Å². The Hall–Kier alpha value is -2.17. The largest absolute Gasteiger partial charge is 0.337 e. The number of benzene rings is 1. The van der Waals surface area contributed by atoms with Crippen LogP contribution in [0.25, 0.3) is 0 Å². The maximum absolute atomic E-state index is 11.6. The van der Waals surface area contributed by atoms with Crippen LogP contribution in [0, 0.1) is 0 Å². The Morgan fingerprint density at radius 1 is 0.821 bits per heavy atom. The van der Waals surface area contributed by atoms with E-state index >= 15 is 0 Å². The summed E-state index contributed by atoms with van der Waals surface area (Å²) in [6.45, 7) is 2.05. The Labute approximate surface area is 169 Å². The minimum atomic E-state index is -0.604. The van der Waals surface area contributed by atoms with Crippen LogP contribution >= 0.6 is 0 Å². The van der Waals surface area contributed by atoms with Crippen molar-refractivity contribution in [3.8, 4) is 0 Å². The van der Waals surface area contributed by atoms with E-state index in [1.54, 1.807) is 0 Å². The molecule has 3 rings (SSSR count). The lowest BCUT2D eigenvalue weighted by atomic mass is 10.0. The quantitative estimate of drug-likeness (QED) is 0.668. The molecule has 1 heterocycles. The summed E-state index contributed by atoms with van der Waals surface area (Å²) in [7, 11) is 0. The molecule has 1 saturated heterocycles. The summed E-state index contributed by atoms with van der Waals surface area (Å²) < 4.78 is 0. The zero-order valence-electron chi connectivity index (χ0n) is 16.4. The highest BCUT2D eigenvalue weighted by atomic mass is 16.7. The normalized spacial score (nSPS) is 17.0. The molecule has 2 amide bonds. The van der Waals surface area contributed by atoms with Gasteiger partial charge in [-0.2, -0.15) is 0 Å². The van der Waals surface area contributed by atoms with Crippen molar-refractivity contribution in [2.45, 2.75) is 91.4 Å². The van der Waals surface area contributed by atoms with Gasteiger partial charge >= 0.3 is 5.97 Å². The molecule has 0 radical (unpaired) electrons. The molecule has 1 aliphatic heterocycles. The van der Waals surface area contributed by atoms with E-state index in [0.29, 0.717) is 5.06 Å². The van der Waals surface area contributed by atoms with Crippen LogP contribution in [0.1, 0.15) is 89.7 Å². The number of hydroxylamine groups is 2. The Bertz CT molecular complexity index is 584. The molecule has 0 bridgehead atoms. The lowest BCUT2D eigenvalue weighted by Gasteiger charge is -2.12. The second-order valence-electron chi connectivity index (χ2n) is 7.22. The SMILES string of the molecule is C.C1CCCCCCC1.CCc1ccc(CC(=O)ON2C(=O)CCC2=O)cc1. The van der Waals surface area contributed by atoms with Crippen molar-refractivity contribution in [1.29, 1.82) is 0 Å². The molecule has 28 heavy (non-hydrogen) atoms. The number of rotatable bonds is 4. The molecule has 0 spiro atoms. The second kappa shape index (κ2) is 13.1. The van der Waals surface area contributed by atoms with Gasteiger partial charge in [0, 0.05) is 12.8 Å². The number of imide groups is 1. The van der Waals surface area contributed by atoms with Crippen LogP contribution in [0.3, 0.4) is 0 Å². The van der Waals surface area contributed by atoms with E-state index in [4.69, 9.17) is 4.84 Å². The summed E-state index contributed by atoms with van der Waals surface area (Å²) in [5.41, 5.74) is 1.98. The molecule has 2 aliphatic rings. The fourth-order valence-corrected chi connectivity index (χ4v) is 3.27. The minimum absolute atomic E-state index is 0. The van der Waals surface area contributed by atoms with Crippen molar-refractivity contribution in [2.24, 2.45) is 0 Å². The van der Waals surface area contributed by atoms with Gasteiger partial charge in [0.05, 0.1) is 6.42 Å². The van der Waals surface area contributed by atoms with Gasteiger partial charge in [0.2, 0.25) is 0 Å². The van der Waals surface area contributed by atoms with Gasteiger partial charge in [0.25, 0.3) is 11.8 Å². The fourth-order valence-electron chi connectivity index (χ4n) is 3.27. The summed E-state index contributed by atoms with van der Waals surface area (Å²) in [5.74, 6) is -1.52. The first kappa shape index (κ1) is 23.9. The molecule has 0 unspecified atom stereocenters. The highest BCUT2D eigenvalue weighted by molar-refractivity contribution is 6.01. The van der Waals surface area contributed by atoms with Gasteiger partial charge < -0.3 is 4.84 Å². The highest BCUT2D eigenvalue weighted by Gasteiger charge is 2.32. The predicted octanol–water partition coefficient (Wildman–Crippen LogP) is 5.16. The molecule has 5 nitrogen and oxygen atoms in total. The minimum Gasteiger partial charge on any atom is -0.330 e. The second-order valence-corrected chi connectivity index (χ2v) is 7.22. The maximum atomic E-state index is 11.6. The first-order chi connectivity index (χ1) is 13.1. The molecule has 156 valence electrons. The first-order valence-corrected chi connectivity index (χ1v) is 10.2. The third kappa shape index (κ3) is 8.24. The summed E-state index contributed by atoms with van der Waals surface area (Å²) in [6.07, 6.45) is 13.2. The number of amides is 2. The molecule has 1 aromatic rings. The standard InChI is InChI=1S/C14H15NO4.C8H16.CH4/c1-2-10-3-5-11(6-4-10)9-14(18)19-15-12(16)7-8-13(15)17;1-2-4-6-8-7-5-3-1;/h3-6H,2,7-9H2,1H3;1-8H2;1H4. The Morgan fingerprint density at radius 3 is 1.61 bits per heavy atom. The van der Waals surface area contributed by atoms with Crippen molar-refractivity contribution in [1.82, 2.24) is 5.06 Å². The van der Waals surface area contributed by atoms with Gasteiger partial charge in [-0.05, 0) is 17.5 Å². The van der Waals surface area contributed by atoms with Gasteiger partial charge in [-0.25, -0.2) is 4.79 Å². The van der Waals surface area contributed by atoms with E-state index in [2.05, 4.69) is 0 Å². The van der Waals surface area contributed by atoms with Crippen molar-refractivity contribution < 1.29 is 19.2 Å². The van der Waals surface area contributed by atoms with Gasteiger partial charge in [-0.15, -0.1) is 5.06 Å². The van der Waals surface area contributed by atoms with Crippen molar-refractivity contribution in [3.05, 3.63) is 35.4 Å². The number of carbonyl (C=O) groups is 3. The number of hydrogen-bond acceptors (Lipinski definition) is 4. The number of hydrogen-bond donors (Lipinski definition) is 0. The van der Waals surface area contributed by atoms with E-state index < -0.39 is 17.8 Å². The third-order valence-corrected chi connectivity index (χ3v) is 4.98. The number of nitrogens with zero attached hydrogens (tertiary/aromatic N) is 1. The highest BCUT2D eigenvalue weighted by Crippen LogP contribution is 2.15. The van der Waals surface area contributed by atoms with Gasteiger partial charge in [-0.1, -0.05) is 90.0 Å². The summed E-state index contributed by atoms with van der Waals surface area (Å²) in [6, 6.07) is 7.56. The molecule has 0 atom stereocenters. The molecule has 0 N–H and O–H groups in total. The molecule has 5 heteroatoms. The topological polar surface area (TPSA) is 63.7 Å². The molecule has 0 aromatic heterocycles. The Morgan fingerprint density at radius 2 is 1.21 bits per heavy atom. The average Bonchev–Trinajstić information content (AvgIpc) is 2.94.